The van der Waals surface area contributed by atoms with Crippen LogP contribution in [0.4, 0.5) is 0 Å². The van der Waals surface area contributed by atoms with Crippen LogP contribution < -0.4 is 15.8 Å². The number of aliphatic carboxylic acids is 1. The first kappa shape index (κ1) is 24.2. The van der Waals surface area contributed by atoms with Crippen LogP contribution in [0.5, 0.6) is 5.75 Å². The summed E-state index contributed by atoms with van der Waals surface area (Å²) >= 11 is 5.65. The quantitative estimate of drug-likeness (QED) is 0.282. The molecule has 0 fully saturated rings. The monoisotopic (exact) mass is 412 g/mol. The van der Waals surface area contributed by atoms with Crippen LogP contribution in [0.1, 0.15) is 68.1 Å². The van der Waals surface area contributed by atoms with Gasteiger partial charge in [-0.15, -0.1) is 11.6 Å². The Morgan fingerprint density at radius 2 is 1.64 bits per heavy atom. The van der Waals surface area contributed by atoms with Crippen LogP contribution in [-0.2, 0) is 4.79 Å². The summed E-state index contributed by atoms with van der Waals surface area (Å²) < 4.78 is 5.69. The Bertz CT molecular complexity index is 566. The molecule has 0 heterocycles. The van der Waals surface area contributed by atoms with E-state index in [1.54, 1.807) is 24.3 Å². The lowest BCUT2D eigenvalue weighted by Gasteiger charge is -2.14. The molecular weight excluding hydrogens is 380 g/mol. The van der Waals surface area contributed by atoms with Crippen molar-refractivity contribution in [1.29, 1.82) is 0 Å². The summed E-state index contributed by atoms with van der Waals surface area (Å²) in [4.78, 5) is 23.6. The summed E-state index contributed by atoms with van der Waals surface area (Å²) in [6, 6.07) is 5.86. The highest BCUT2D eigenvalue weighted by molar-refractivity contribution is 6.17. The maximum Gasteiger partial charge on any atom is 0.326 e. The number of halogens is 1. The Morgan fingerprint density at radius 3 is 2.25 bits per heavy atom. The number of benzene rings is 1. The lowest BCUT2D eigenvalue weighted by molar-refractivity contribution is -0.139. The Kier molecular flexibility index (Phi) is 13.1. The molecule has 1 aromatic carbocycles. The minimum Gasteiger partial charge on any atom is -0.494 e. The predicted molar refractivity (Wildman–Crippen MR) is 112 cm³/mol. The molecule has 0 aliphatic heterocycles. The minimum absolute atomic E-state index is 0.366. The van der Waals surface area contributed by atoms with Crippen LogP contribution in [0.2, 0.25) is 0 Å². The van der Waals surface area contributed by atoms with Crippen LogP contribution in [0.15, 0.2) is 24.3 Å². The number of alkyl halides is 1. The SMILES string of the molecule is NCCCC[C@H](NC(=O)c1ccc(OCCCCCCCCCl)cc1)C(=O)O. The van der Waals surface area contributed by atoms with E-state index in [0.29, 0.717) is 37.3 Å². The second kappa shape index (κ2) is 15.2. The van der Waals surface area contributed by atoms with Crippen molar-refractivity contribution in [3.8, 4) is 5.75 Å². The number of carbonyl (C=O) groups excluding carboxylic acids is 1. The van der Waals surface area contributed by atoms with Crippen LogP contribution in [0.25, 0.3) is 0 Å². The molecule has 158 valence electrons. The third kappa shape index (κ3) is 10.5. The average molecular weight is 413 g/mol. The first-order chi connectivity index (χ1) is 13.6. The highest BCUT2D eigenvalue weighted by atomic mass is 35.5. The molecule has 1 rings (SSSR count). The standard InChI is InChI=1S/C21H33ClN2O4/c22-14-6-3-1-2-4-8-16-28-18-12-10-17(11-13-18)20(25)24-19(21(26)27)9-5-7-15-23/h10-13,19H,1-9,14-16,23H2,(H,24,25)(H,26,27)/t19-/m0/s1. The molecule has 0 spiro atoms. The van der Waals surface area contributed by atoms with Gasteiger partial charge in [0.1, 0.15) is 11.8 Å². The highest BCUT2D eigenvalue weighted by Crippen LogP contribution is 2.14. The molecule has 0 unspecified atom stereocenters. The number of nitrogens with two attached hydrogens (primary N) is 1. The maximum atomic E-state index is 12.3. The zero-order chi connectivity index (χ0) is 20.6. The van der Waals surface area contributed by atoms with Gasteiger partial charge >= 0.3 is 5.97 Å². The van der Waals surface area contributed by atoms with Gasteiger partial charge in [0.15, 0.2) is 0 Å². The fraction of sp³-hybridized carbons (Fsp3) is 0.619. The van der Waals surface area contributed by atoms with E-state index in [9.17, 15) is 14.7 Å². The number of amides is 1. The summed E-state index contributed by atoms with van der Waals surface area (Å²) in [5, 5.41) is 11.8. The van der Waals surface area contributed by atoms with Crippen LogP contribution in [0, 0.1) is 0 Å². The fourth-order valence-electron chi connectivity index (χ4n) is 2.79. The second-order valence-electron chi connectivity index (χ2n) is 6.83. The Hall–Kier alpha value is -1.79. The van der Waals surface area contributed by atoms with Crippen LogP contribution in [0.3, 0.4) is 0 Å². The van der Waals surface area contributed by atoms with E-state index in [4.69, 9.17) is 22.1 Å². The number of hydrogen-bond donors (Lipinski definition) is 3. The summed E-state index contributed by atoms with van der Waals surface area (Å²) in [7, 11) is 0. The average Bonchev–Trinajstić information content (AvgIpc) is 2.69. The van der Waals surface area contributed by atoms with Gasteiger partial charge in [-0.3, -0.25) is 4.79 Å². The highest BCUT2D eigenvalue weighted by Gasteiger charge is 2.20. The summed E-state index contributed by atoms with van der Waals surface area (Å²) in [6.07, 6.45) is 8.55. The van der Waals surface area contributed by atoms with Crippen molar-refractivity contribution in [2.24, 2.45) is 5.73 Å². The van der Waals surface area contributed by atoms with Crippen LogP contribution in [-0.4, -0.2) is 42.1 Å². The van der Waals surface area contributed by atoms with Crippen molar-refractivity contribution in [3.63, 3.8) is 0 Å². The van der Waals surface area contributed by atoms with Crippen molar-refractivity contribution in [2.75, 3.05) is 19.0 Å². The third-order valence-corrected chi connectivity index (χ3v) is 4.73. The fourth-order valence-corrected chi connectivity index (χ4v) is 2.98. The number of hydrogen-bond acceptors (Lipinski definition) is 4. The van der Waals surface area contributed by atoms with E-state index in [-0.39, 0.29) is 0 Å². The molecule has 1 atom stereocenters. The van der Waals surface area contributed by atoms with E-state index in [1.165, 1.54) is 19.3 Å². The van der Waals surface area contributed by atoms with E-state index in [0.717, 1.165) is 31.6 Å². The lowest BCUT2D eigenvalue weighted by Crippen LogP contribution is -2.40. The molecule has 0 aliphatic rings. The maximum absolute atomic E-state index is 12.3. The Labute approximate surface area is 172 Å². The molecule has 0 saturated heterocycles. The van der Waals surface area contributed by atoms with E-state index < -0.39 is 17.9 Å². The molecule has 4 N–H and O–H groups in total. The number of nitrogens with one attached hydrogen (secondary N) is 1. The Morgan fingerprint density at radius 1 is 1.00 bits per heavy atom. The topological polar surface area (TPSA) is 102 Å². The van der Waals surface area contributed by atoms with Gasteiger partial charge in [0.05, 0.1) is 6.61 Å². The van der Waals surface area contributed by atoms with Gasteiger partial charge in [-0.25, -0.2) is 4.79 Å². The number of ether oxygens (including phenoxy) is 1. The lowest BCUT2D eigenvalue weighted by atomic mass is 10.1. The number of carboxylic acids is 1. The molecule has 0 aliphatic carbocycles. The van der Waals surface area contributed by atoms with Crippen molar-refractivity contribution in [3.05, 3.63) is 29.8 Å². The van der Waals surface area contributed by atoms with Crippen molar-refractivity contribution in [2.45, 2.75) is 63.8 Å². The van der Waals surface area contributed by atoms with Crippen molar-refractivity contribution >= 4 is 23.5 Å². The molecule has 28 heavy (non-hydrogen) atoms. The number of rotatable bonds is 16. The van der Waals surface area contributed by atoms with E-state index in [2.05, 4.69) is 5.32 Å². The number of carbonyl (C=O) groups is 2. The van der Waals surface area contributed by atoms with E-state index in [1.807, 2.05) is 0 Å². The molecular formula is C21H33ClN2O4. The normalized spacial score (nSPS) is 11.8. The third-order valence-electron chi connectivity index (χ3n) is 4.46. The largest absolute Gasteiger partial charge is 0.494 e. The molecule has 0 bridgehead atoms. The minimum atomic E-state index is -1.03. The van der Waals surface area contributed by atoms with Gasteiger partial charge in [0.2, 0.25) is 0 Å². The smallest absolute Gasteiger partial charge is 0.326 e. The van der Waals surface area contributed by atoms with Gasteiger partial charge in [-0.1, -0.05) is 25.7 Å². The number of carboxylic acid groups (broad SMARTS) is 1. The number of unbranched alkanes of at least 4 members (excludes halogenated alkanes) is 6. The van der Waals surface area contributed by atoms with E-state index >= 15 is 0 Å². The van der Waals surface area contributed by atoms with Gasteiger partial charge in [0, 0.05) is 11.4 Å². The van der Waals surface area contributed by atoms with Gasteiger partial charge in [-0.05, 0) is 62.9 Å². The molecule has 0 aromatic heterocycles. The van der Waals surface area contributed by atoms with Gasteiger partial charge in [0.25, 0.3) is 5.91 Å². The van der Waals surface area contributed by atoms with Crippen molar-refractivity contribution < 1.29 is 19.4 Å². The van der Waals surface area contributed by atoms with Gasteiger partial charge in [-0.2, -0.15) is 0 Å². The first-order valence-electron chi connectivity index (χ1n) is 10.1. The summed E-state index contributed by atoms with van der Waals surface area (Å²) in [5.41, 5.74) is 5.84. The predicted octanol–water partition coefficient (Wildman–Crippen LogP) is 3.96. The van der Waals surface area contributed by atoms with Gasteiger partial charge < -0.3 is 20.9 Å². The van der Waals surface area contributed by atoms with Crippen molar-refractivity contribution in [1.82, 2.24) is 5.32 Å². The zero-order valence-corrected chi connectivity index (χ0v) is 17.3. The molecule has 1 aromatic rings. The summed E-state index contributed by atoms with van der Waals surface area (Å²) in [6.45, 7) is 1.15. The summed E-state index contributed by atoms with van der Waals surface area (Å²) in [5.74, 6) is 0.00981. The molecule has 0 saturated carbocycles. The first-order valence-corrected chi connectivity index (χ1v) is 10.6. The zero-order valence-electron chi connectivity index (χ0n) is 16.5. The Balaban J connectivity index is 2.34. The molecule has 1 amide bonds. The van der Waals surface area contributed by atoms with Crippen LogP contribution >= 0.6 is 11.6 Å². The molecule has 0 radical (unpaired) electrons. The second-order valence-corrected chi connectivity index (χ2v) is 7.21. The molecule has 6 nitrogen and oxygen atoms in total. The molecule has 7 heteroatoms.